The summed E-state index contributed by atoms with van der Waals surface area (Å²) in [6, 6.07) is 10.9. The first-order valence-electron chi connectivity index (χ1n) is 9.94. The molecule has 4 rings (SSSR count). The van der Waals surface area contributed by atoms with E-state index in [1.165, 1.54) is 0 Å². The summed E-state index contributed by atoms with van der Waals surface area (Å²) in [4.78, 5) is 18.6. The minimum atomic E-state index is -3.72. The Bertz CT molecular complexity index is 1110. The van der Waals surface area contributed by atoms with E-state index in [1.54, 1.807) is 24.5 Å². The fourth-order valence-electron chi connectivity index (χ4n) is 3.90. The fraction of sp³-hybridized carbons (Fsp3) is 0.318. The normalized spacial score (nSPS) is 19.0. The van der Waals surface area contributed by atoms with Crippen LogP contribution in [-0.4, -0.2) is 49.2 Å². The summed E-state index contributed by atoms with van der Waals surface area (Å²) in [6.45, 7) is 5.05. The first kappa shape index (κ1) is 20.3. The highest BCUT2D eigenvalue weighted by molar-refractivity contribution is 8.00. The average Bonchev–Trinajstić information content (AvgIpc) is 2.99. The van der Waals surface area contributed by atoms with Crippen LogP contribution in [-0.2, 0) is 10.0 Å². The van der Waals surface area contributed by atoms with Crippen molar-refractivity contribution < 1.29 is 13.2 Å². The molecule has 0 bridgehead atoms. The van der Waals surface area contributed by atoms with E-state index in [9.17, 15) is 13.2 Å². The number of nitrogens with one attached hydrogen (secondary N) is 1. The van der Waals surface area contributed by atoms with Crippen LogP contribution in [0.2, 0.25) is 0 Å². The molecule has 2 aliphatic rings. The van der Waals surface area contributed by atoms with Gasteiger partial charge in [-0.15, -0.1) is 4.40 Å². The van der Waals surface area contributed by atoms with Crippen LogP contribution in [0.3, 0.4) is 0 Å². The van der Waals surface area contributed by atoms with Gasteiger partial charge in [-0.2, -0.15) is 8.42 Å². The summed E-state index contributed by atoms with van der Waals surface area (Å²) < 4.78 is 29.6. The maximum absolute atomic E-state index is 12.7. The standard InChI is InChI=1S/C22H24N4O3S/c1-15-3-5-17(6-4-15)20-16(2)21(25-30(20,28)29)26-13-9-19(10-14-26)24-22(27)18-7-11-23-12-8-18/h3-8,11-12,19H,9-10,13-14H2,1-2H3,(H,24,27). The topological polar surface area (TPSA) is 91.7 Å². The molecule has 0 unspecified atom stereocenters. The zero-order valence-corrected chi connectivity index (χ0v) is 17.8. The Kier molecular flexibility index (Phi) is 5.42. The van der Waals surface area contributed by atoms with Crippen LogP contribution in [0.25, 0.3) is 4.91 Å². The lowest BCUT2D eigenvalue weighted by molar-refractivity contribution is 0.0922. The Balaban J connectivity index is 1.46. The molecule has 1 amide bonds. The molecule has 0 radical (unpaired) electrons. The van der Waals surface area contributed by atoms with Crippen LogP contribution in [0.1, 0.15) is 41.3 Å². The summed E-state index contributed by atoms with van der Waals surface area (Å²) in [6.07, 6.45) is 4.64. The second-order valence-electron chi connectivity index (χ2n) is 7.68. The zero-order chi connectivity index (χ0) is 21.3. The number of carbonyl (C=O) groups is 1. The minimum absolute atomic E-state index is 0.0429. The van der Waals surface area contributed by atoms with E-state index >= 15 is 0 Å². The van der Waals surface area contributed by atoms with E-state index in [-0.39, 0.29) is 16.9 Å². The summed E-state index contributed by atoms with van der Waals surface area (Å²) in [5, 5.41) is 3.05. The van der Waals surface area contributed by atoms with Gasteiger partial charge in [0, 0.05) is 42.7 Å². The van der Waals surface area contributed by atoms with Gasteiger partial charge in [-0.05, 0) is 44.4 Å². The van der Waals surface area contributed by atoms with Crippen LogP contribution in [0.15, 0.2) is 58.8 Å². The van der Waals surface area contributed by atoms with Gasteiger partial charge >= 0.3 is 0 Å². The molecule has 1 aromatic carbocycles. The van der Waals surface area contributed by atoms with Crippen molar-refractivity contribution in [3.05, 3.63) is 71.1 Å². The number of aromatic nitrogens is 1. The first-order chi connectivity index (χ1) is 14.3. The molecule has 1 N–H and O–H groups in total. The zero-order valence-electron chi connectivity index (χ0n) is 17.0. The Morgan fingerprint density at radius 3 is 2.30 bits per heavy atom. The number of amides is 1. The highest BCUT2D eigenvalue weighted by Gasteiger charge is 2.35. The molecule has 1 aromatic heterocycles. The summed E-state index contributed by atoms with van der Waals surface area (Å²) in [5.74, 6) is 0.402. The summed E-state index contributed by atoms with van der Waals surface area (Å²) in [5.41, 5.74) is 3.00. The predicted octanol–water partition coefficient (Wildman–Crippen LogP) is 2.76. The molecular formula is C22H24N4O3S. The molecule has 0 saturated carbocycles. The number of sulfonamides is 1. The van der Waals surface area contributed by atoms with Gasteiger partial charge in [-0.1, -0.05) is 29.8 Å². The predicted molar refractivity (Wildman–Crippen MR) is 116 cm³/mol. The molecule has 3 heterocycles. The van der Waals surface area contributed by atoms with Gasteiger partial charge in [0.05, 0.1) is 0 Å². The van der Waals surface area contributed by atoms with Crippen molar-refractivity contribution in [1.82, 2.24) is 15.2 Å². The lowest BCUT2D eigenvalue weighted by Gasteiger charge is -2.33. The lowest BCUT2D eigenvalue weighted by Crippen LogP contribution is -2.46. The molecule has 0 aliphatic carbocycles. The third-order valence-corrected chi connectivity index (χ3v) is 7.00. The molecule has 7 nitrogen and oxygen atoms in total. The van der Waals surface area contributed by atoms with Crippen LogP contribution >= 0.6 is 0 Å². The van der Waals surface area contributed by atoms with Crippen LogP contribution in [0, 0.1) is 6.92 Å². The van der Waals surface area contributed by atoms with Gasteiger partial charge in [-0.3, -0.25) is 9.78 Å². The second-order valence-corrected chi connectivity index (χ2v) is 9.22. The maximum Gasteiger partial charge on any atom is 0.285 e. The van der Waals surface area contributed by atoms with Crippen molar-refractivity contribution in [2.75, 3.05) is 13.1 Å². The molecule has 156 valence electrons. The fourth-order valence-corrected chi connectivity index (χ4v) is 5.38. The van der Waals surface area contributed by atoms with Gasteiger partial charge in [0.1, 0.15) is 10.7 Å². The number of hydrogen-bond acceptors (Lipinski definition) is 5. The Morgan fingerprint density at radius 2 is 1.67 bits per heavy atom. The molecule has 2 aliphatic heterocycles. The number of nitrogens with zero attached hydrogens (tertiary/aromatic N) is 3. The van der Waals surface area contributed by atoms with Crippen molar-refractivity contribution >= 4 is 26.7 Å². The number of pyridine rings is 1. The molecule has 1 fully saturated rings. The van der Waals surface area contributed by atoms with Gasteiger partial charge in [0.25, 0.3) is 15.9 Å². The molecule has 30 heavy (non-hydrogen) atoms. The first-order valence-corrected chi connectivity index (χ1v) is 11.4. The molecule has 8 heteroatoms. The van der Waals surface area contributed by atoms with Crippen molar-refractivity contribution in [2.45, 2.75) is 32.7 Å². The van der Waals surface area contributed by atoms with Crippen LogP contribution in [0.5, 0.6) is 0 Å². The van der Waals surface area contributed by atoms with E-state index in [1.807, 2.05) is 43.0 Å². The number of benzene rings is 1. The third kappa shape index (κ3) is 4.00. The molecule has 0 spiro atoms. The van der Waals surface area contributed by atoms with Crippen molar-refractivity contribution in [3.8, 4) is 0 Å². The van der Waals surface area contributed by atoms with Crippen molar-refractivity contribution in [3.63, 3.8) is 0 Å². The van der Waals surface area contributed by atoms with E-state index in [0.29, 0.717) is 35.6 Å². The summed E-state index contributed by atoms with van der Waals surface area (Å²) in [7, 11) is -3.72. The quantitative estimate of drug-likeness (QED) is 0.818. The van der Waals surface area contributed by atoms with Gasteiger partial charge < -0.3 is 10.2 Å². The Hall–Kier alpha value is -3.00. The molecular weight excluding hydrogens is 400 g/mol. The molecule has 1 saturated heterocycles. The van der Waals surface area contributed by atoms with Crippen LogP contribution < -0.4 is 5.32 Å². The number of hydrogen-bond donors (Lipinski definition) is 1. The van der Waals surface area contributed by atoms with E-state index in [0.717, 1.165) is 18.4 Å². The van der Waals surface area contributed by atoms with E-state index in [4.69, 9.17) is 0 Å². The third-order valence-electron chi connectivity index (χ3n) is 5.53. The Labute approximate surface area is 176 Å². The van der Waals surface area contributed by atoms with E-state index in [2.05, 4.69) is 14.7 Å². The monoisotopic (exact) mass is 424 g/mol. The highest BCUT2D eigenvalue weighted by Crippen LogP contribution is 2.34. The number of likely N-dealkylation sites (tertiary alicyclic amines) is 1. The largest absolute Gasteiger partial charge is 0.356 e. The van der Waals surface area contributed by atoms with E-state index < -0.39 is 10.0 Å². The van der Waals surface area contributed by atoms with Crippen molar-refractivity contribution in [2.24, 2.45) is 4.40 Å². The van der Waals surface area contributed by atoms with Crippen LogP contribution in [0.4, 0.5) is 0 Å². The van der Waals surface area contributed by atoms with Gasteiger partial charge in [0.15, 0.2) is 0 Å². The number of amidine groups is 1. The maximum atomic E-state index is 12.7. The Morgan fingerprint density at radius 1 is 1.03 bits per heavy atom. The number of aryl methyl sites for hydroxylation is 1. The van der Waals surface area contributed by atoms with Gasteiger partial charge in [-0.25, -0.2) is 0 Å². The second kappa shape index (κ2) is 8.02. The number of piperidine rings is 1. The molecule has 2 aromatic rings. The lowest BCUT2D eigenvalue weighted by atomic mass is 10.0. The average molecular weight is 425 g/mol. The highest BCUT2D eigenvalue weighted by atomic mass is 32.2. The number of rotatable bonds is 3. The van der Waals surface area contributed by atoms with Gasteiger partial charge in [0.2, 0.25) is 0 Å². The van der Waals surface area contributed by atoms with Crippen molar-refractivity contribution in [1.29, 1.82) is 0 Å². The SMILES string of the molecule is CC1=C(c2ccc(C)cc2)S(=O)(=O)N=C1N1CCC(NC(=O)c2ccncc2)CC1. The summed E-state index contributed by atoms with van der Waals surface area (Å²) >= 11 is 0. The smallest absolute Gasteiger partial charge is 0.285 e. The molecule has 0 atom stereocenters. The number of carbonyl (C=O) groups excluding carboxylic acids is 1. The minimum Gasteiger partial charge on any atom is -0.356 e.